The summed E-state index contributed by atoms with van der Waals surface area (Å²) in [5, 5.41) is 13.3. The van der Waals surface area contributed by atoms with Crippen LogP contribution < -0.4 is 10.6 Å². The number of H-pyrrole nitrogens is 1. The van der Waals surface area contributed by atoms with E-state index < -0.39 is 15.6 Å². The fourth-order valence-electron chi connectivity index (χ4n) is 3.69. The van der Waals surface area contributed by atoms with Gasteiger partial charge in [-0.1, -0.05) is 6.07 Å². The minimum atomic E-state index is -2.19. The van der Waals surface area contributed by atoms with Crippen LogP contribution in [0.25, 0.3) is 0 Å². The van der Waals surface area contributed by atoms with Crippen LogP contribution in [0, 0.1) is 0 Å². The molecule has 29 heavy (non-hydrogen) atoms. The Hall–Kier alpha value is -2.52. The predicted octanol–water partition coefficient (Wildman–Crippen LogP) is 2.75. The highest BCUT2D eigenvalue weighted by Crippen LogP contribution is 2.34. The number of nitrogens with zero attached hydrogens (tertiary/aromatic N) is 1. The molecule has 3 heterocycles. The Labute approximate surface area is 170 Å². The van der Waals surface area contributed by atoms with E-state index in [1.54, 1.807) is 0 Å². The third kappa shape index (κ3) is 4.25. The van der Waals surface area contributed by atoms with Crippen molar-refractivity contribution >= 4 is 33.0 Å². The van der Waals surface area contributed by atoms with Crippen molar-refractivity contribution in [3.8, 4) is 0 Å². The van der Waals surface area contributed by atoms with Crippen molar-refractivity contribution in [3.05, 3.63) is 35.5 Å². The van der Waals surface area contributed by atoms with Gasteiger partial charge in [-0.2, -0.15) is 5.10 Å². The largest absolute Gasteiger partial charge is 0.444 e. The Balaban J connectivity index is 1.40. The molecule has 1 aromatic carbocycles. The van der Waals surface area contributed by atoms with E-state index in [0.29, 0.717) is 24.6 Å². The smallest absolute Gasteiger partial charge is 0.407 e. The van der Waals surface area contributed by atoms with Gasteiger partial charge in [0.2, 0.25) is 0 Å². The van der Waals surface area contributed by atoms with Crippen molar-refractivity contribution in [1.29, 1.82) is 0 Å². The van der Waals surface area contributed by atoms with Gasteiger partial charge in [0.05, 0.1) is 12.3 Å². The number of hydrogen-bond acceptors (Lipinski definition) is 6. The Morgan fingerprint density at radius 3 is 3.07 bits per heavy atom. The number of ether oxygens (including phenoxy) is 2. The summed E-state index contributed by atoms with van der Waals surface area (Å²) < 4.78 is 23.7. The zero-order valence-electron chi connectivity index (χ0n) is 16.6. The van der Waals surface area contributed by atoms with E-state index in [0.717, 1.165) is 28.3 Å². The topological polar surface area (TPSA) is 105 Å². The van der Waals surface area contributed by atoms with Crippen molar-refractivity contribution < 1.29 is 18.5 Å². The lowest BCUT2D eigenvalue weighted by atomic mass is 10.1. The van der Waals surface area contributed by atoms with Gasteiger partial charge in [0.1, 0.15) is 12.2 Å². The molecular formula is C20H26N4O4S. The Morgan fingerprint density at radius 1 is 1.45 bits per heavy atom. The molecule has 0 radical (unpaired) electrons. The van der Waals surface area contributed by atoms with E-state index >= 15 is 0 Å². The molecule has 2 aromatic rings. The molecule has 0 bridgehead atoms. The molecule has 9 heteroatoms. The second kappa shape index (κ2) is 7.72. The summed E-state index contributed by atoms with van der Waals surface area (Å²) in [7, 11) is -2.19. The number of carbonyl (C=O) groups excluding carboxylic acids is 1. The van der Waals surface area contributed by atoms with Crippen molar-refractivity contribution in [1.82, 2.24) is 15.5 Å². The minimum Gasteiger partial charge on any atom is -0.444 e. The highest BCUT2D eigenvalue weighted by molar-refractivity contribution is 8.00. The number of hydrogen-bond donors (Lipinski definition) is 3. The third-order valence-corrected chi connectivity index (χ3v) is 7.11. The van der Waals surface area contributed by atoms with Crippen LogP contribution in [0.3, 0.4) is 0 Å². The van der Waals surface area contributed by atoms with Crippen LogP contribution in [0.4, 0.5) is 16.3 Å². The molecule has 2 aliphatic heterocycles. The molecule has 3 atom stereocenters. The van der Waals surface area contributed by atoms with Crippen LogP contribution in [-0.4, -0.2) is 50.9 Å². The number of carbonyl (C=O) groups is 1. The van der Waals surface area contributed by atoms with E-state index in [9.17, 15) is 9.00 Å². The molecule has 1 unspecified atom stereocenters. The number of rotatable bonds is 5. The van der Waals surface area contributed by atoms with Crippen molar-refractivity contribution in [2.45, 2.75) is 49.8 Å². The van der Waals surface area contributed by atoms with E-state index in [1.165, 1.54) is 0 Å². The van der Waals surface area contributed by atoms with Gasteiger partial charge in [-0.15, -0.1) is 0 Å². The molecule has 0 saturated carbocycles. The number of alkyl carbamates (subject to hydrolysis) is 1. The molecule has 2 aliphatic rings. The average molecular weight is 419 g/mol. The molecule has 3 N–H and O–H groups in total. The summed E-state index contributed by atoms with van der Waals surface area (Å²) in [4.78, 5) is 12.6. The van der Waals surface area contributed by atoms with Gasteiger partial charge >= 0.3 is 6.09 Å². The second-order valence-electron chi connectivity index (χ2n) is 7.77. The van der Waals surface area contributed by atoms with Crippen LogP contribution in [-0.2, 0) is 25.4 Å². The molecule has 8 nitrogen and oxygen atoms in total. The molecule has 1 aromatic heterocycles. The van der Waals surface area contributed by atoms with Crippen LogP contribution in [0.5, 0.6) is 0 Å². The lowest BCUT2D eigenvalue weighted by molar-refractivity contribution is 0.0682. The summed E-state index contributed by atoms with van der Waals surface area (Å²) >= 11 is 0. The van der Waals surface area contributed by atoms with Gasteiger partial charge < -0.3 is 20.1 Å². The minimum absolute atomic E-state index is 0.0261. The lowest BCUT2D eigenvalue weighted by Gasteiger charge is -2.13. The number of benzene rings is 1. The molecular weight excluding hydrogens is 392 g/mol. The van der Waals surface area contributed by atoms with Crippen LogP contribution >= 0.6 is 0 Å². The predicted molar refractivity (Wildman–Crippen MR) is 112 cm³/mol. The quantitative estimate of drug-likeness (QED) is 0.645. The summed E-state index contributed by atoms with van der Waals surface area (Å²) in [5.74, 6) is 5.11. The zero-order chi connectivity index (χ0) is 20.6. The maximum atomic E-state index is 12.5. The number of aromatic nitrogens is 2. The highest BCUT2D eigenvalue weighted by atomic mass is 32.2. The first kappa shape index (κ1) is 19.8. The summed E-state index contributed by atoms with van der Waals surface area (Å²) in [5.41, 5.74) is 2.75. The first-order valence-electron chi connectivity index (χ1n) is 9.70. The summed E-state index contributed by atoms with van der Waals surface area (Å²) in [6, 6.07) is 7.64. The molecule has 1 saturated heterocycles. The van der Waals surface area contributed by atoms with Crippen molar-refractivity contribution in [2.75, 3.05) is 17.7 Å². The SMILES string of the molecule is C=S1(=O)CCc2c(Nc3cc([C@@H]4C[C@@H](OC(=O)NC(C)C)CO4)[nH]n3)cccc21. The normalized spacial score (nSPS) is 25.8. The first-order chi connectivity index (χ1) is 13.8. The average Bonchev–Trinajstić information content (AvgIpc) is 3.35. The van der Waals surface area contributed by atoms with Gasteiger partial charge in [-0.3, -0.25) is 9.31 Å². The molecule has 0 aliphatic carbocycles. The molecule has 1 fully saturated rings. The van der Waals surface area contributed by atoms with Crippen molar-refractivity contribution in [2.24, 2.45) is 0 Å². The van der Waals surface area contributed by atoms with Gasteiger partial charge in [-0.05, 0) is 53.4 Å². The fourth-order valence-corrected chi connectivity index (χ4v) is 5.43. The molecule has 1 amide bonds. The van der Waals surface area contributed by atoms with Crippen LogP contribution in [0.1, 0.15) is 37.6 Å². The van der Waals surface area contributed by atoms with E-state index in [4.69, 9.17) is 9.47 Å². The van der Waals surface area contributed by atoms with Gasteiger partial charge in [0.25, 0.3) is 0 Å². The van der Waals surface area contributed by atoms with E-state index in [-0.39, 0.29) is 18.2 Å². The maximum Gasteiger partial charge on any atom is 0.407 e. The zero-order valence-corrected chi connectivity index (χ0v) is 17.4. The third-order valence-electron chi connectivity index (χ3n) is 5.06. The van der Waals surface area contributed by atoms with Crippen molar-refractivity contribution in [3.63, 3.8) is 0 Å². The monoisotopic (exact) mass is 418 g/mol. The second-order valence-corrected chi connectivity index (χ2v) is 10.2. The first-order valence-corrected chi connectivity index (χ1v) is 11.6. The van der Waals surface area contributed by atoms with Crippen LogP contribution in [0.2, 0.25) is 0 Å². The lowest BCUT2D eigenvalue weighted by Crippen LogP contribution is -2.33. The number of aromatic amines is 1. The molecule has 0 spiro atoms. The highest BCUT2D eigenvalue weighted by Gasteiger charge is 2.31. The maximum absolute atomic E-state index is 12.5. The van der Waals surface area contributed by atoms with E-state index in [1.807, 2.05) is 38.1 Å². The standard InChI is InChI=1S/C20H26N4O4S/c1-12(2)21-20(25)28-13-9-17(27-11-13)16-10-19(24-23-16)22-15-5-4-6-18-14(15)7-8-29(18,3)26/h4-6,10,12-13,17H,3,7-9,11H2,1-2H3,(H,21,25)(H2,22,23,24)/t13-,17+,29?/m1/s1. The van der Waals surface area contributed by atoms with Gasteiger partial charge in [0.15, 0.2) is 5.82 Å². The fraction of sp³-hybridized carbons (Fsp3) is 0.450. The number of anilines is 2. The number of nitrogens with one attached hydrogen (secondary N) is 3. The van der Waals surface area contributed by atoms with Crippen LogP contribution in [0.15, 0.2) is 29.2 Å². The molecule has 156 valence electrons. The summed E-state index contributed by atoms with van der Waals surface area (Å²) in [6.07, 6.45) is 0.371. The Morgan fingerprint density at radius 2 is 2.28 bits per heavy atom. The summed E-state index contributed by atoms with van der Waals surface area (Å²) in [6.45, 7) is 4.11. The number of fused-ring (bicyclic) bond motifs is 1. The Kier molecular flexibility index (Phi) is 5.26. The Bertz CT molecular complexity index is 1020. The van der Waals surface area contributed by atoms with Gasteiger partial charge in [0, 0.05) is 34.9 Å². The van der Waals surface area contributed by atoms with E-state index in [2.05, 4.69) is 26.7 Å². The molecule has 4 rings (SSSR count). The van der Waals surface area contributed by atoms with Gasteiger partial charge in [-0.25, -0.2) is 4.79 Å². The number of amides is 1.